The Bertz CT molecular complexity index is 926. The number of aliphatic hydroxyl groups is 1. The minimum absolute atomic E-state index is 0.0231. The highest BCUT2D eigenvalue weighted by atomic mass is 16.3. The maximum Gasteiger partial charge on any atom is 0.103 e. The van der Waals surface area contributed by atoms with Crippen molar-refractivity contribution in [2.45, 2.75) is 58.0 Å². The molecular weight excluding hydrogens is 364 g/mol. The first kappa shape index (κ1) is 22.3. The van der Waals surface area contributed by atoms with Gasteiger partial charge in [-0.15, -0.1) is 0 Å². The minimum Gasteiger partial charge on any atom is -0.384 e. The lowest BCUT2D eigenvalue weighted by atomic mass is 9.52. The number of hydrogen-bond donors (Lipinski definition) is 1. The summed E-state index contributed by atoms with van der Waals surface area (Å²) in [4.78, 5) is 0. The second-order valence-electron chi connectivity index (χ2n) is 9.93. The molecule has 1 N–H and O–H groups in total. The van der Waals surface area contributed by atoms with Crippen molar-refractivity contribution in [2.24, 2.45) is 11.8 Å². The lowest BCUT2D eigenvalue weighted by Crippen LogP contribution is -2.57. The van der Waals surface area contributed by atoms with E-state index in [4.69, 9.17) is 0 Å². The third-order valence-corrected chi connectivity index (χ3v) is 7.07. The predicted molar refractivity (Wildman–Crippen MR) is 128 cm³/mol. The van der Waals surface area contributed by atoms with Crippen molar-refractivity contribution in [1.82, 2.24) is 0 Å². The van der Waals surface area contributed by atoms with Gasteiger partial charge < -0.3 is 5.11 Å². The normalized spacial score (nSPS) is 15.6. The van der Waals surface area contributed by atoms with Gasteiger partial charge >= 0.3 is 0 Å². The SMILES string of the molecule is CC(C)C(C(C)(C)c1ccccc1)C(O)(c1ccccc1)C(C)(C)c1ccccc1. The highest BCUT2D eigenvalue weighted by Gasteiger charge is 2.56. The van der Waals surface area contributed by atoms with Crippen molar-refractivity contribution in [3.8, 4) is 0 Å². The zero-order valence-corrected chi connectivity index (χ0v) is 19.3. The van der Waals surface area contributed by atoms with Gasteiger partial charge in [-0.1, -0.05) is 133 Å². The van der Waals surface area contributed by atoms with Gasteiger partial charge in [0.2, 0.25) is 0 Å². The predicted octanol–water partition coefficient (Wildman–Crippen LogP) is 7.10. The van der Waals surface area contributed by atoms with Crippen LogP contribution in [0.2, 0.25) is 0 Å². The fourth-order valence-corrected chi connectivity index (χ4v) is 5.58. The van der Waals surface area contributed by atoms with Crippen LogP contribution in [0, 0.1) is 11.8 Å². The van der Waals surface area contributed by atoms with Crippen LogP contribution in [0.1, 0.15) is 58.2 Å². The Kier molecular flexibility index (Phi) is 6.24. The summed E-state index contributed by atoms with van der Waals surface area (Å²) in [6, 6.07) is 31.3. The summed E-state index contributed by atoms with van der Waals surface area (Å²) in [6.07, 6.45) is 0. The van der Waals surface area contributed by atoms with E-state index in [-0.39, 0.29) is 17.3 Å². The van der Waals surface area contributed by atoms with Crippen LogP contribution in [0.5, 0.6) is 0 Å². The molecule has 3 aromatic rings. The minimum atomic E-state index is -1.08. The van der Waals surface area contributed by atoms with E-state index < -0.39 is 11.0 Å². The quantitative estimate of drug-likeness (QED) is 0.448. The Morgan fingerprint density at radius 3 is 1.33 bits per heavy atom. The molecule has 0 fully saturated rings. The Morgan fingerprint density at radius 1 is 0.567 bits per heavy atom. The first-order valence-electron chi connectivity index (χ1n) is 11.0. The van der Waals surface area contributed by atoms with Crippen LogP contribution >= 0.6 is 0 Å². The van der Waals surface area contributed by atoms with Gasteiger partial charge in [-0.2, -0.15) is 0 Å². The summed E-state index contributed by atoms with van der Waals surface area (Å²) in [5, 5.41) is 12.9. The summed E-state index contributed by atoms with van der Waals surface area (Å²) in [6.45, 7) is 13.4. The first-order chi connectivity index (χ1) is 14.1. The van der Waals surface area contributed by atoms with E-state index in [1.807, 2.05) is 24.3 Å². The second kappa shape index (κ2) is 8.40. The molecule has 1 nitrogen and oxygen atoms in total. The van der Waals surface area contributed by atoms with Gasteiger partial charge in [0.25, 0.3) is 0 Å². The Hall–Kier alpha value is -2.38. The van der Waals surface area contributed by atoms with Crippen LogP contribution in [0.4, 0.5) is 0 Å². The molecule has 2 unspecified atom stereocenters. The fourth-order valence-electron chi connectivity index (χ4n) is 5.58. The van der Waals surface area contributed by atoms with Crippen molar-refractivity contribution in [3.05, 3.63) is 108 Å². The maximum absolute atomic E-state index is 12.9. The second-order valence-corrected chi connectivity index (χ2v) is 9.93. The van der Waals surface area contributed by atoms with Gasteiger partial charge in [0, 0.05) is 11.3 Å². The molecule has 0 radical (unpaired) electrons. The molecule has 158 valence electrons. The van der Waals surface area contributed by atoms with E-state index in [1.165, 1.54) is 5.56 Å². The van der Waals surface area contributed by atoms with Crippen molar-refractivity contribution in [3.63, 3.8) is 0 Å². The average molecular weight is 401 g/mol. The van der Waals surface area contributed by atoms with Gasteiger partial charge in [0.1, 0.15) is 5.60 Å². The summed E-state index contributed by atoms with van der Waals surface area (Å²) in [5.41, 5.74) is 1.54. The van der Waals surface area contributed by atoms with Crippen molar-refractivity contribution >= 4 is 0 Å². The lowest BCUT2D eigenvalue weighted by Gasteiger charge is -2.55. The van der Waals surface area contributed by atoms with Crippen molar-refractivity contribution in [2.75, 3.05) is 0 Å². The summed E-state index contributed by atoms with van der Waals surface area (Å²) in [5.74, 6) is 0.235. The molecule has 0 spiro atoms. The molecule has 3 rings (SSSR count). The largest absolute Gasteiger partial charge is 0.384 e. The Morgan fingerprint density at radius 2 is 0.933 bits per heavy atom. The molecule has 3 aromatic carbocycles. The molecule has 0 aliphatic rings. The maximum atomic E-state index is 12.9. The molecule has 0 amide bonds. The highest BCUT2D eigenvalue weighted by molar-refractivity contribution is 5.39. The molecule has 0 saturated heterocycles. The van der Waals surface area contributed by atoms with Crippen LogP contribution in [0.3, 0.4) is 0 Å². The molecular formula is C29H36O. The topological polar surface area (TPSA) is 20.2 Å². The number of rotatable bonds is 7. The van der Waals surface area contributed by atoms with Gasteiger partial charge in [-0.05, 0) is 28.0 Å². The smallest absolute Gasteiger partial charge is 0.103 e. The zero-order chi connectivity index (χ0) is 22.0. The van der Waals surface area contributed by atoms with Crippen LogP contribution in [-0.2, 0) is 16.4 Å². The van der Waals surface area contributed by atoms with E-state index in [2.05, 4.69) is 108 Å². The third-order valence-electron chi connectivity index (χ3n) is 7.07. The highest BCUT2D eigenvalue weighted by Crippen LogP contribution is 2.55. The number of benzene rings is 3. The third kappa shape index (κ3) is 3.72. The average Bonchev–Trinajstić information content (AvgIpc) is 2.75. The molecule has 30 heavy (non-hydrogen) atoms. The number of hydrogen-bond acceptors (Lipinski definition) is 1. The fraction of sp³-hybridized carbons (Fsp3) is 0.379. The Labute approximate surface area is 182 Å². The summed E-state index contributed by atoms with van der Waals surface area (Å²) in [7, 11) is 0. The van der Waals surface area contributed by atoms with Gasteiger partial charge in [-0.3, -0.25) is 0 Å². The van der Waals surface area contributed by atoms with Crippen molar-refractivity contribution in [1.29, 1.82) is 0 Å². The molecule has 0 saturated carbocycles. The zero-order valence-electron chi connectivity index (χ0n) is 19.3. The summed E-state index contributed by atoms with van der Waals surface area (Å²) >= 11 is 0. The first-order valence-corrected chi connectivity index (χ1v) is 11.0. The molecule has 0 aliphatic heterocycles. The summed E-state index contributed by atoms with van der Waals surface area (Å²) < 4.78 is 0. The van der Waals surface area contributed by atoms with E-state index in [1.54, 1.807) is 0 Å². The van der Waals surface area contributed by atoms with Crippen LogP contribution in [0.25, 0.3) is 0 Å². The Balaban J connectivity index is 2.30. The lowest BCUT2D eigenvalue weighted by molar-refractivity contribution is -0.123. The molecule has 0 heterocycles. The van der Waals surface area contributed by atoms with E-state index in [0.29, 0.717) is 0 Å². The molecule has 0 bridgehead atoms. The van der Waals surface area contributed by atoms with E-state index in [9.17, 15) is 5.11 Å². The molecule has 1 heteroatoms. The molecule has 2 atom stereocenters. The van der Waals surface area contributed by atoms with Crippen LogP contribution in [0.15, 0.2) is 91.0 Å². The van der Waals surface area contributed by atoms with Gasteiger partial charge in [-0.25, -0.2) is 0 Å². The monoisotopic (exact) mass is 400 g/mol. The molecule has 0 aromatic heterocycles. The van der Waals surface area contributed by atoms with Gasteiger partial charge in [0.05, 0.1) is 0 Å². The van der Waals surface area contributed by atoms with E-state index in [0.717, 1.165) is 11.1 Å². The van der Waals surface area contributed by atoms with E-state index >= 15 is 0 Å². The standard InChI is InChI=1S/C29H36O/c1-22(2)26(27(3,4)23-16-10-7-11-17-23)29(30,25-20-14-9-15-21-25)28(5,6)24-18-12-8-13-19-24/h7-22,26,30H,1-6H3. The molecule has 0 aliphatic carbocycles. The van der Waals surface area contributed by atoms with Crippen LogP contribution in [-0.4, -0.2) is 5.11 Å². The van der Waals surface area contributed by atoms with Gasteiger partial charge in [0.15, 0.2) is 0 Å². The van der Waals surface area contributed by atoms with Crippen LogP contribution < -0.4 is 0 Å². The van der Waals surface area contributed by atoms with Crippen molar-refractivity contribution < 1.29 is 5.11 Å².